The van der Waals surface area contributed by atoms with Gasteiger partial charge in [0.2, 0.25) is 0 Å². The van der Waals surface area contributed by atoms with E-state index < -0.39 is 12.6 Å². The second-order valence-corrected chi connectivity index (χ2v) is 10.1. The normalized spacial score (nSPS) is 10.7. The lowest BCUT2D eigenvalue weighted by molar-refractivity contribution is -0.134. The van der Waals surface area contributed by atoms with Gasteiger partial charge in [-0.05, 0) is 85.7 Å². The molecule has 3 aromatic rings. The van der Waals surface area contributed by atoms with Gasteiger partial charge in [-0.15, -0.1) is 11.6 Å². The summed E-state index contributed by atoms with van der Waals surface area (Å²) < 4.78 is 38.6. The molecule has 43 heavy (non-hydrogen) atoms. The maximum atomic E-state index is 11.1. The Morgan fingerprint density at radius 3 is 2.00 bits per heavy atom. The quantitative estimate of drug-likeness (QED) is 0.151. The number of hydrogen-bond acceptors (Lipinski definition) is 2. The van der Waals surface area contributed by atoms with Crippen LogP contribution in [0.4, 0.5) is 18.9 Å². The lowest BCUT2D eigenvalue weighted by Gasteiger charge is -2.13. The number of nitrogens with zero attached hydrogens (tertiary/aromatic N) is 1. The Balaban J connectivity index is 0.000000682. The van der Waals surface area contributed by atoms with Crippen molar-refractivity contribution in [2.75, 3.05) is 24.9 Å². The Bertz CT molecular complexity index is 1230. The van der Waals surface area contributed by atoms with Crippen molar-refractivity contribution < 1.29 is 17.9 Å². The number of aryl methyl sites for hydroxylation is 4. The molecule has 0 saturated heterocycles. The maximum Gasteiger partial charge on any atom is 0.389 e. The molecule has 0 saturated carbocycles. The molecule has 1 N–H and O–H groups in total. The molecule has 3 rings (SSSR count). The Hall–Kier alpha value is -2.96. The van der Waals surface area contributed by atoms with E-state index in [4.69, 9.17) is 27.9 Å². The molecule has 0 unspecified atom stereocenters. The molecular weight excluding hydrogens is 592 g/mol. The molecule has 8 heteroatoms. The topological polar surface area (TPSA) is 33.6 Å². The van der Waals surface area contributed by atoms with Crippen LogP contribution in [-0.4, -0.2) is 31.5 Å². The van der Waals surface area contributed by atoms with Crippen LogP contribution in [0, 0.1) is 20.8 Å². The molecule has 0 amide bonds. The van der Waals surface area contributed by atoms with E-state index in [1.165, 1.54) is 29.2 Å². The summed E-state index contributed by atoms with van der Waals surface area (Å²) in [6.07, 6.45) is -1.73. The highest BCUT2D eigenvalue weighted by Crippen LogP contribution is 2.30. The van der Waals surface area contributed by atoms with Crippen molar-refractivity contribution in [3.63, 3.8) is 0 Å². The summed E-state index contributed by atoms with van der Waals surface area (Å²) in [6.45, 7) is 18.0. The summed E-state index contributed by atoms with van der Waals surface area (Å²) in [4.78, 5) is 4.15. The summed E-state index contributed by atoms with van der Waals surface area (Å²) in [6, 6.07) is 19.0. The van der Waals surface area contributed by atoms with E-state index in [1.54, 1.807) is 13.1 Å². The zero-order chi connectivity index (χ0) is 33.0. The lowest BCUT2D eigenvalue weighted by Crippen LogP contribution is -2.10. The first kappa shape index (κ1) is 40.0. The fraction of sp³-hybridized carbons (Fsp3) is 0.400. The molecule has 0 aliphatic rings. The van der Waals surface area contributed by atoms with Crippen LogP contribution in [0.3, 0.4) is 0 Å². The van der Waals surface area contributed by atoms with Gasteiger partial charge in [-0.1, -0.05) is 87.8 Å². The predicted octanol–water partition coefficient (Wildman–Crippen LogP) is 11.8. The van der Waals surface area contributed by atoms with E-state index in [-0.39, 0.29) is 6.42 Å². The van der Waals surface area contributed by atoms with Gasteiger partial charge in [-0.3, -0.25) is 4.99 Å². The molecular formula is C35H47Cl2F3N2O. The molecule has 0 bridgehead atoms. The number of anilines is 1. The first-order chi connectivity index (χ1) is 20.4. The third-order valence-electron chi connectivity index (χ3n) is 5.80. The van der Waals surface area contributed by atoms with Gasteiger partial charge < -0.3 is 10.1 Å². The highest BCUT2D eigenvalue weighted by atomic mass is 35.5. The number of hydrogen-bond donors (Lipinski definition) is 1. The second-order valence-electron chi connectivity index (χ2n) is 9.32. The van der Waals surface area contributed by atoms with Gasteiger partial charge in [0.1, 0.15) is 18.2 Å². The number of aliphatic imine (C=N–C) groups is 1. The molecule has 0 heterocycles. The Morgan fingerprint density at radius 2 is 1.56 bits per heavy atom. The van der Waals surface area contributed by atoms with E-state index in [0.717, 1.165) is 34.8 Å². The van der Waals surface area contributed by atoms with Crippen LogP contribution in [0.5, 0.6) is 5.75 Å². The maximum absolute atomic E-state index is 11.1. The van der Waals surface area contributed by atoms with Crippen LogP contribution in [0.25, 0.3) is 11.1 Å². The largest absolute Gasteiger partial charge is 0.491 e. The number of benzene rings is 3. The molecule has 0 radical (unpaired) electrons. The van der Waals surface area contributed by atoms with Gasteiger partial charge in [0, 0.05) is 19.2 Å². The molecule has 0 aromatic heterocycles. The van der Waals surface area contributed by atoms with E-state index >= 15 is 0 Å². The SMILES string of the molecule is C=CC(=NC)Nc1ccc(-c2ccc(C)cc2)cc1CC.CC.CCCC(F)(F)F.Cc1cc(C)c(OCCCl)c(Cl)c1. The summed E-state index contributed by atoms with van der Waals surface area (Å²) >= 11 is 11.5. The predicted molar refractivity (Wildman–Crippen MR) is 183 cm³/mol. The molecule has 0 aliphatic carbocycles. The highest BCUT2D eigenvalue weighted by molar-refractivity contribution is 6.32. The van der Waals surface area contributed by atoms with Crippen molar-refractivity contribution >= 4 is 34.7 Å². The number of rotatable bonds is 8. The van der Waals surface area contributed by atoms with E-state index in [2.05, 4.69) is 73.2 Å². The van der Waals surface area contributed by atoms with E-state index in [0.29, 0.717) is 17.5 Å². The third kappa shape index (κ3) is 15.9. The summed E-state index contributed by atoms with van der Waals surface area (Å²) in [5, 5.41) is 3.97. The second kappa shape index (κ2) is 21.7. The Morgan fingerprint density at radius 1 is 0.953 bits per heavy atom. The van der Waals surface area contributed by atoms with Crippen LogP contribution in [-0.2, 0) is 6.42 Å². The van der Waals surface area contributed by atoms with Crippen molar-refractivity contribution in [1.29, 1.82) is 0 Å². The van der Waals surface area contributed by atoms with Crippen LogP contribution in [0.2, 0.25) is 5.02 Å². The molecule has 0 spiro atoms. The van der Waals surface area contributed by atoms with Crippen molar-refractivity contribution in [1.82, 2.24) is 0 Å². The lowest BCUT2D eigenvalue weighted by atomic mass is 9.99. The highest BCUT2D eigenvalue weighted by Gasteiger charge is 2.24. The summed E-state index contributed by atoms with van der Waals surface area (Å²) in [5.41, 5.74) is 8.32. The molecule has 238 valence electrons. The average molecular weight is 640 g/mol. The number of halogens is 5. The zero-order valence-electron chi connectivity index (χ0n) is 26.8. The number of amidine groups is 1. The monoisotopic (exact) mass is 638 g/mol. The van der Waals surface area contributed by atoms with Crippen molar-refractivity contribution in [3.8, 4) is 16.9 Å². The fourth-order valence-electron chi connectivity index (χ4n) is 3.78. The molecule has 3 aromatic carbocycles. The van der Waals surface area contributed by atoms with Crippen LogP contribution >= 0.6 is 23.2 Å². The average Bonchev–Trinajstić information content (AvgIpc) is 2.97. The zero-order valence-corrected chi connectivity index (χ0v) is 28.3. The minimum absolute atomic E-state index is 0.184. The Labute approximate surface area is 267 Å². The number of nitrogens with one attached hydrogen (secondary N) is 1. The molecule has 0 atom stereocenters. The molecule has 3 nitrogen and oxygen atoms in total. The first-order valence-corrected chi connectivity index (χ1v) is 15.4. The van der Waals surface area contributed by atoms with Gasteiger partial charge in [0.25, 0.3) is 0 Å². The van der Waals surface area contributed by atoms with Gasteiger partial charge in [-0.25, -0.2) is 0 Å². The minimum atomic E-state index is -3.95. The number of alkyl halides is 4. The standard InChI is InChI=1S/C19H22N2.C10H12Cl2O.C4H7F3.C2H6/c1-5-15-13-17(16-9-7-14(3)8-10-16)11-12-18(15)21-19(6-2)20-4;1-7-5-8(2)10(9(12)6-7)13-4-3-11;1-2-3-4(5,6)7;1-2/h6-13H,2,5H2,1,3-4H3,(H,20,21);5-6H,3-4H2,1-2H3;2-3H2,1H3;1-2H3. The van der Waals surface area contributed by atoms with Gasteiger partial charge >= 0.3 is 6.18 Å². The summed E-state index contributed by atoms with van der Waals surface area (Å²) in [7, 11) is 1.76. The first-order valence-electron chi connectivity index (χ1n) is 14.5. The van der Waals surface area contributed by atoms with Crippen molar-refractivity contribution in [2.24, 2.45) is 4.99 Å². The van der Waals surface area contributed by atoms with Crippen LogP contribution in [0.15, 0.2) is 72.2 Å². The fourth-order valence-corrected chi connectivity index (χ4v) is 4.23. The van der Waals surface area contributed by atoms with Gasteiger partial charge in [0.15, 0.2) is 0 Å². The summed E-state index contributed by atoms with van der Waals surface area (Å²) in [5.74, 6) is 2.00. The number of ether oxygens (including phenoxy) is 1. The third-order valence-corrected chi connectivity index (χ3v) is 6.23. The minimum Gasteiger partial charge on any atom is -0.491 e. The van der Waals surface area contributed by atoms with E-state index in [1.807, 2.05) is 39.8 Å². The van der Waals surface area contributed by atoms with Gasteiger partial charge in [0.05, 0.1) is 10.9 Å². The van der Waals surface area contributed by atoms with Crippen LogP contribution < -0.4 is 10.1 Å². The van der Waals surface area contributed by atoms with Gasteiger partial charge in [-0.2, -0.15) is 13.2 Å². The van der Waals surface area contributed by atoms with Crippen LogP contribution in [0.1, 0.15) is 62.8 Å². The molecule has 0 aliphatic heterocycles. The van der Waals surface area contributed by atoms with E-state index in [9.17, 15) is 13.2 Å². The smallest absolute Gasteiger partial charge is 0.389 e. The van der Waals surface area contributed by atoms with Crippen molar-refractivity contribution in [3.05, 3.63) is 94.5 Å². The molecule has 0 fully saturated rings. The van der Waals surface area contributed by atoms with Crippen molar-refractivity contribution in [2.45, 2.75) is 73.9 Å². The Kier molecular flexibility index (Phi) is 20.2.